The number of nitrogens with one attached hydrogen (secondary N) is 1. The standard InChI is InChI=1S/C15H23NO3/c1-11(2)13(10-17)16-15(18)9-8-12-6-4-5-7-14(12)19-3/h4-7,11,13,17H,8-10H2,1-3H3,(H,16,18)/t13-/m1/s1. The highest BCUT2D eigenvalue weighted by molar-refractivity contribution is 5.76. The first-order chi connectivity index (χ1) is 9.08. The Labute approximate surface area is 114 Å². The molecule has 4 heteroatoms. The lowest BCUT2D eigenvalue weighted by Gasteiger charge is -2.20. The number of methoxy groups -OCH3 is 1. The highest BCUT2D eigenvalue weighted by Gasteiger charge is 2.15. The summed E-state index contributed by atoms with van der Waals surface area (Å²) in [5, 5.41) is 12.0. The number of para-hydroxylation sites is 1. The van der Waals surface area contributed by atoms with Crippen LogP contribution in [0, 0.1) is 5.92 Å². The average Bonchev–Trinajstić information content (AvgIpc) is 2.42. The molecule has 0 bridgehead atoms. The van der Waals surface area contributed by atoms with E-state index in [1.54, 1.807) is 7.11 Å². The van der Waals surface area contributed by atoms with Crippen molar-refractivity contribution < 1.29 is 14.6 Å². The van der Waals surface area contributed by atoms with Crippen molar-refractivity contribution in [3.05, 3.63) is 29.8 Å². The number of carbonyl (C=O) groups excluding carboxylic acids is 1. The molecule has 0 spiro atoms. The molecule has 1 atom stereocenters. The molecule has 0 aromatic heterocycles. The summed E-state index contributed by atoms with van der Waals surface area (Å²) in [7, 11) is 1.62. The second-order valence-corrected chi connectivity index (χ2v) is 4.91. The lowest BCUT2D eigenvalue weighted by molar-refractivity contribution is -0.122. The van der Waals surface area contributed by atoms with E-state index in [-0.39, 0.29) is 24.5 Å². The van der Waals surface area contributed by atoms with Crippen molar-refractivity contribution in [2.45, 2.75) is 32.7 Å². The molecule has 19 heavy (non-hydrogen) atoms. The average molecular weight is 265 g/mol. The van der Waals surface area contributed by atoms with Gasteiger partial charge in [-0.1, -0.05) is 32.0 Å². The molecule has 0 aliphatic carbocycles. The van der Waals surface area contributed by atoms with Crippen LogP contribution < -0.4 is 10.1 Å². The third-order valence-electron chi connectivity index (χ3n) is 3.16. The smallest absolute Gasteiger partial charge is 0.220 e. The van der Waals surface area contributed by atoms with E-state index in [1.165, 1.54) is 0 Å². The van der Waals surface area contributed by atoms with Crippen molar-refractivity contribution >= 4 is 5.91 Å². The zero-order valence-electron chi connectivity index (χ0n) is 11.8. The summed E-state index contributed by atoms with van der Waals surface area (Å²) in [6.45, 7) is 3.92. The number of hydrogen-bond acceptors (Lipinski definition) is 3. The van der Waals surface area contributed by atoms with Crippen molar-refractivity contribution in [2.24, 2.45) is 5.92 Å². The first-order valence-electron chi connectivity index (χ1n) is 6.60. The van der Waals surface area contributed by atoms with Gasteiger partial charge in [0.05, 0.1) is 19.8 Å². The van der Waals surface area contributed by atoms with E-state index in [1.807, 2.05) is 38.1 Å². The van der Waals surface area contributed by atoms with Crippen molar-refractivity contribution in [3.63, 3.8) is 0 Å². The molecule has 0 saturated heterocycles. The quantitative estimate of drug-likeness (QED) is 0.790. The molecule has 0 saturated carbocycles. The number of ether oxygens (including phenoxy) is 1. The monoisotopic (exact) mass is 265 g/mol. The van der Waals surface area contributed by atoms with Gasteiger partial charge in [-0.25, -0.2) is 0 Å². The molecule has 1 rings (SSSR count). The Morgan fingerprint density at radius 2 is 2.05 bits per heavy atom. The summed E-state index contributed by atoms with van der Waals surface area (Å²) in [6, 6.07) is 7.50. The molecule has 4 nitrogen and oxygen atoms in total. The minimum Gasteiger partial charge on any atom is -0.496 e. The Hall–Kier alpha value is -1.55. The molecule has 106 valence electrons. The number of rotatable bonds is 7. The van der Waals surface area contributed by atoms with Crippen LogP contribution in [-0.4, -0.2) is 30.8 Å². The van der Waals surface area contributed by atoms with Crippen LogP contribution in [0.2, 0.25) is 0 Å². The molecule has 0 fully saturated rings. The number of aliphatic hydroxyl groups excluding tert-OH is 1. The zero-order chi connectivity index (χ0) is 14.3. The van der Waals surface area contributed by atoms with Gasteiger partial charge in [0.1, 0.15) is 5.75 Å². The summed E-state index contributed by atoms with van der Waals surface area (Å²) < 4.78 is 5.25. The van der Waals surface area contributed by atoms with E-state index < -0.39 is 0 Å². The minimum absolute atomic E-state index is 0.0297. The van der Waals surface area contributed by atoms with Crippen LogP contribution in [0.1, 0.15) is 25.8 Å². The Morgan fingerprint density at radius 1 is 1.37 bits per heavy atom. The molecule has 2 N–H and O–H groups in total. The maximum absolute atomic E-state index is 11.8. The van der Waals surface area contributed by atoms with Crippen LogP contribution in [-0.2, 0) is 11.2 Å². The van der Waals surface area contributed by atoms with Crippen molar-refractivity contribution in [1.29, 1.82) is 0 Å². The zero-order valence-corrected chi connectivity index (χ0v) is 11.8. The maximum Gasteiger partial charge on any atom is 0.220 e. The fraction of sp³-hybridized carbons (Fsp3) is 0.533. The van der Waals surface area contributed by atoms with Gasteiger partial charge in [0.15, 0.2) is 0 Å². The molecular weight excluding hydrogens is 242 g/mol. The summed E-state index contributed by atoms with van der Waals surface area (Å²) in [4.78, 5) is 11.8. The molecule has 1 amide bonds. The third kappa shape index (κ3) is 4.91. The normalized spacial score (nSPS) is 12.3. The maximum atomic E-state index is 11.8. The lowest BCUT2D eigenvalue weighted by atomic mass is 10.0. The van der Waals surface area contributed by atoms with Crippen LogP contribution in [0.4, 0.5) is 0 Å². The SMILES string of the molecule is COc1ccccc1CCC(=O)N[C@H](CO)C(C)C. The van der Waals surface area contributed by atoms with Gasteiger partial charge in [-0.15, -0.1) is 0 Å². The van der Waals surface area contributed by atoms with E-state index in [9.17, 15) is 9.90 Å². The van der Waals surface area contributed by atoms with Crippen LogP contribution in [0.3, 0.4) is 0 Å². The third-order valence-corrected chi connectivity index (χ3v) is 3.16. The summed E-state index contributed by atoms with van der Waals surface area (Å²) in [6.07, 6.45) is 1.02. The predicted octanol–water partition coefficient (Wildman–Crippen LogP) is 1.76. The Bertz CT molecular complexity index is 404. The number of hydrogen-bond donors (Lipinski definition) is 2. The number of aliphatic hydroxyl groups is 1. The highest BCUT2D eigenvalue weighted by atomic mass is 16.5. The van der Waals surface area contributed by atoms with Gasteiger partial charge in [0, 0.05) is 6.42 Å². The highest BCUT2D eigenvalue weighted by Crippen LogP contribution is 2.18. The Morgan fingerprint density at radius 3 is 2.63 bits per heavy atom. The van der Waals surface area contributed by atoms with Gasteiger partial charge in [-0.05, 0) is 24.0 Å². The van der Waals surface area contributed by atoms with Gasteiger partial charge in [-0.3, -0.25) is 4.79 Å². The molecular formula is C15H23NO3. The van der Waals surface area contributed by atoms with Crippen LogP contribution in [0.15, 0.2) is 24.3 Å². The first-order valence-corrected chi connectivity index (χ1v) is 6.60. The van der Waals surface area contributed by atoms with Gasteiger partial charge < -0.3 is 15.2 Å². The van der Waals surface area contributed by atoms with Crippen molar-refractivity contribution in [1.82, 2.24) is 5.32 Å². The van der Waals surface area contributed by atoms with Crippen LogP contribution in [0.5, 0.6) is 5.75 Å². The minimum atomic E-state index is -0.176. The van der Waals surface area contributed by atoms with E-state index >= 15 is 0 Å². The molecule has 1 aromatic rings. The Kier molecular flexibility index (Phi) is 6.36. The molecule has 0 aliphatic heterocycles. The van der Waals surface area contributed by atoms with E-state index in [2.05, 4.69) is 5.32 Å². The predicted molar refractivity (Wildman–Crippen MR) is 75.2 cm³/mol. The molecule has 0 heterocycles. The number of aryl methyl sites for hydroxylation is 1. The van der Waals surface area contributed by atoms with Crippen LogP contribution in [0.25, 0.3) is 0 Å². The number of amides is 1. The van der Waals surface area contributed by atoms with E-state index in [4.69, 9.17) is 4.74 Å². The molecule has 0 aliphatic rings. The van der Waals surface area contributed by atoms with Crippen LogP contribution >= 0.6 is 0 Å². The second-order valence-electron chi connectivity index (χ2n) is 4.91. The van der Waals surface area contributed by atoms with Gasteiger partial charge in [0.25, 0.3) is 0 Å². The molecule has 0 radical (unpaired) electrons. The topological polar surface area (TPSA) is 58.6 Å². The fourth-order valence-corrected chi connectivity index (χ4v) is 1.86. The summed E-state index contributed by atoms with van der Waals surface area (Å²) >= 11 is 0. The van der Waals surface area contributed by atoms with Gasteiger partial charge >= 0.3 is 0 Å². The number of benzene rings is 1. The van der Waals surface area contributed by atoms with E-state index in [0.29, 0.717) is 12.8 Å². The second kappa shape index (κ2) is 7.79. The summed E-state index contributed by atoms with van der Waals surface area (Å²) in [5.41, 5.74) is 1.02. The van der Waals surface area contributed by atoms with Gasteiger partial charge in [0.2, 0.25) is 5.91 Å². The van der Waals surface area contributed by atoms with E-state index in [0.717, 1.165) is 11.3 Å². The summed E-state index contributed by atoms with van der Waals surface area (Å²) in [5.74, 6) is 0.983. The lowest BCUT2D eigenvalue weighted by Crippen LogP contribution is -2.41. The number of carbonyl (C=O) groups is 1. The first kappa shape index (κ1) is 15.5. The largest absolute Gasteiger partial charge is 0.496 e. The van der Waals surface area contributed by atoms with Gasteiger partial charge in [-0.2, -0.15) is 0 Å². The molecule has 1 aromatic carbocycles. The fourth-order valence-electron chi connectivity index (χ4n) is 1.86. The van der Waals surface area contributed by atoms with Crippen molar-refractivity contribution in [3.8, 4) is 5.75 Å². The Balaban J connectivity index is 2.50. The van der Waals surface area contributed by atoms with Crippen molar-refractivity contribution in [2.75, 3.05) is 13.7 Å². The molecule has 0 unspecified atom stereocenters.